The Morgan fingerprint density at radius 2 is 1.11 bits per heavy atom. The van der Waals surface area contributed by atoms with Crippen LogP contribution >= 0.6 is 0 Å². The van der Waals surface area contributed by atoms with Crippen molar-refractivity contribution in [2.45, 2.75) is 20.3 Å². The number of methoxy groups -OCH3 is 2. The van der Waals surface area contributed by atoms with Gasteiger partial charge in [-0.1, -0.05) is 53.6 Å². The lowest BCUT2D eigenvalue weighted by molar-refractivity contribution is 0.0694. The van der Waals surface area contributed by atoms with Crippen LogP contribution in [0.1, 0.15) is 32.6 Å². The van der Waals surface area contributed by atoms with Gasteiger partial charge in [-0.15, -0.1) is 0 Å². The zero-order valence-electron chi connectivity index (χ0n) is 20.4. The van der Waals surface area contributed by atoms with E-state index in [1.165, 1.54) is 5.56 Å². The molecule has 0 bridgehead atoms. The number of rotatable bonds is 7. The summed E-state index contributed by atoms with van der Waals surface area (Å²) in [5.74, 6) is 1.65. The van der Waals surface area contributed by atoms with E-state index in [4.69, 9.17) is 14.2 Å². The number of benzene rings is 4. The lowest BCUT2D eigenvalue weighted by atomic mass is 10.0. The molecular formula is C30H30O5. The first-order valence-corrected chi connectivity index (χ1v) is 11.2. The van der Waals surface area contributed by atoms with Crippen LogP contribution in [0.15, 0.2) is 91.0 Å². The molecule has 0 radical (unpaired) electrons. The Bertz CT molecular complexity index is 1230. The second-order valence-electron chi connectivity index (χ2n) is 8.09. The van der Waals surface area contributed by atoms with E-state index in [1.807, 2.05) is 85.8 Å². The first kappa shape index (κ1) is 25.4. The van der Waals surface area contributed by atoms with Crippen LogP contribution < -0.4 is 14.2 Å². The van der Waals surface area contributed by atoms with Crippen molar-refractivity contribution >= 4 is 5.97 Å². The fourth-order valence-electron chi connectivity index (χ4n) is 3.33. The SMILES string of the molecule is COc1ccc(C)cc1.COc1ccc(Cc2ccc(Oc3ccc(C)cc3)c(C(=O)O)c2)cc1. The van der Waals surface area contributed by atoms with Crippen molar-refractivity contribution < 1.29 is 24.1 Å². The average Bonchev–Trinajstić information content (AvgIpc) is 2.87. The second kappa shape index (κ2) is 12.3. The standard InChI is InChI=1S/C22H20O4.C8H10O/c1-15-3-8-19(9-4-15)26-21-12-7-17(14-20(21)22(23)24)13-16-5-10-18(25-2)11-6-16;1-7-3-5-8(9-2)6-4-7/h3-12,14H,13H2,1-2H3,(H,23,24);3-6H,1-2H3. The van der Waals surface area contributed by atoms with E-state index in [2.05, 4.69) is 6.92 Å². The number of carboxylic acid groups (broad SMARTS) is 1. The summed E-state index contributed by atoms with van der Waals surface area (Å²) >= 11 is 0. The highest BCUT2D eigenvalue weighted by atomic mass is 16.5. The molecule has 0 aromatic heterocycles. The molecule has 4 aromatic rings. The maximum absolute atomic E-state index is 11.7. The largest absolute Gasteiger partial charge is 0.497 e. The van der Waals surface area contributed by atoms with Crippen LogP contribution in [0, 0.1) is 13.8 Å². The first-order chi connectivity index (χ1) is 16.9. The minimum atomic E-state index is -1.01. The van der Waals surface area contributed by atoms with Crippen LogP contribution in [-0.2, 0) is 6.42 Å². The number of carboxylic acids is 1. The molecule has 0 heterocycles. The van der Waals surface area contributed by atoms with Crippen LogP contribution in [0.3, 0.4) is 0 Å². The smallest absolute Gasteiger partial charge is 0.339 e. The Labute approximate surface area is 206 Å². The number of ether oxygens (including phenoxy) is 3. The quantitative estimate of drug-likeness (QED) is 0.312. The van der Waals surface area contributed by atoms with Crippen LogP contribution in [0.2, 0.25) is 0 Å². The third kappa shape index (κ3) is 7.64. The Hall–Kier alpha value is -4.25. The van der Waals surface area contributed by atoms with Gasteiger partial charge in [0.15, 0.2) is 0 Å². The van der Waals surface area contributed by atoms with Crippen molar-refractivity contribution in [1.82, 2.24) is 0 Å². The molecule has 0 saturated carbocycles. The number of hydrogen-bond acceptors (Lipinski definition) is 4. The highest BCUT2D eigenvalue weighted by Crippen LogP contribution is 2.28. The normalized spacial score (nSPS) is 10.1. The van der Waals surface area contributed by atoms with Crippen molar-refractivity contribution in [3.8, 4) is 23.0 Å². The molecule has 0 aliphatic carbocycles. The zero-order chi connectivity index (χ0) is 25.2. The number of aromatic carboxylic acids is 1. The second-order valence-corrected chi connectivity index (χ2v) is 8.09. The Balaban J connectivity index is 0.000000320. The molecule has 0 aliphatic heterocycles. The molecule has 0 aliphatic rings. The number of carbonyl (C=O) groups is 1. The summed E-state index contributed by atoms with van der Waals surface area (Å²) in [6.07, 6.45) is 0.634. The molecule has 5 nitrogen and oxygen atoms in total. The van der Waals surface area contributed by atoms with Crippen molar-refractivity contribution in [2.75, 3.05) is 14.2 Å². The van der Waals surface area contributed by atoms with Crippen molar-refractivity contribution in [3.63, 3.8) is 0 Å². The lowest BCUT2D eigenvalue weighted by Crippen LogP contribution is -2.02. The van der Waals surface area contributed by atoms with E-state index in [1.54, 1.807) is 26.4 Å². The molecule has 0 saturated heterocycles. The topological polar surface area (TPSA) is 65.0 Å². The van der Waals surface area contributed by atoms with Gasteiger partial charge in [-0.05, 0) is 79.9 Å². The highest BCUT2D eigenvalue weighted by Gasteiger charge is 2.13. The van der Waals surface area contributed by atoms with Gasteiger partial charge >= 0.3 is 5.97 Å². The summed E-state index contributed by atoms with van der Waals surface area (Å²) in [6, 6.07) is 28.4. The minimum Gasteiger partial charge on any atom is -0.497 e. The van der Waals surface area contributed by atoms with Crippen LogP contribution in [0.4, 0.5) is 0 Å². The molecule has 0 spiro atoms. The van der Waals surface area contributed by atoms with Crippen LogP contribution in [-0.4, -0.2) is 25.3 Å². The average molecular weight is 471 g/mol. The summed E-state index contributed by atoms with van der Waals surface area (Å²) < 4.78 is 15.9. The van der Waals surface area contributed by atoms with Crippen LogP contribution in [0.5, 0.6) is 23.0 Å². The third-order valence-corrected chi connectivity index (χ3v) is 5.35. The van der Waals surface area contributed by atoms with Crippen LogP contribution in [0.25, 0.3) is 0 Å². The molecule has 180 valence electrons. The highest BCUT2D eigenvalue weighted by molar-refractivity contribution is 5.91. The molecular weight excluding hydrogens is 440 g/mol. The van der Waals surface area contributed by atoms with Gasteiger partial charge in [0.1, 0.15) is 28.6 Å². The number of aryl methyl sites for hydroxylation is 2. The van der Waals surface area contributed by atoms with Crippen molar-refractivity contribution in [2.24, 2.45) is 0 Å². The first-order valence-electron chi connectivity index (χ1n) is 11.2. The fraction of sp³-hybridized carbons (Fsp3) is 0.167. The maximum Gasteiger partial charge on any atom is 0.339 e. The summed E-state index contributed by atoms with van der Waals surface area (Å²) in [4.78, 5) is 11.7. The molecule has 35 heavy (non-hydrogen) atoms. The predicted octanol–water partition coefficient (Wildman–Crippen LogP) is 7.09. The van der Waals surface area contributed by atoms with Crippen molar-refractivity contribution in [1.29, 1.82) is 0 Å². The zero-order valence-corrected chi connectivity index (χ0v) is 20.4. The summed E-state index contributed by atoms with van der Waals surface area (Å²) in [5.41, 5.74) is 4.51. The Kier molecular flexibility index (Phi) is 8.90. The van der Waals surface area contributed by atoms with Gasteiger partial charge in [0.05, 0.1) is 14.2 Å². The number of hydrogen-bond donors (Lipinski definition) is 1. The van der Waals surface area contributed by atoms with Gasteiger partial charge in [0, 0.05) is 0 Å². The summed E-state index contributed by atoms with van der Waals surface area (Å²) in [7, 11) is 3.30. The van der Waals surface area contributed by atoms with Gasteiger partial charge in [-0.25, -0.2) is 4.79 Å². The van der Waals surface area contributed by atoms with E-state index in [0.29, 0.717) is 17.9 Å². The van der Waals surface area contributed by atoms with E-state index < -0.39 is 5.97 Å². The Morgan fingerprint density at radius 1 is 0.657 bits per heavy atom. The Morgan fingerprint density at radius 3 is 1.60 bits per heavy atom. The molecule has 1 N–H and O–H groups in total. The van der Waals surface area contributed by atoms with E-state index >= 15 is 0 Å². The third-order valence-electron chi connectivity index (χ3n) is 5.35. The molecule has 0 unspecified atom stereocenters. The van der Waals surface area contributed by atoms with Gasteiger partial charge in [-0.2, -0.15) is 0 Å². The fourth-order valence-corrected chi connectivity index (χ4v) is 3.33. The van der Waals surface area contributed by atoms with E-state index in [9.17, 15) is 9.90 Å². The molecule has 0 atom stereocenters. The molecule has 4 aromatic carbocycles. The van der Waals surface area contributed by atoms with E-state index in [-0.39, 0.29) is 5.56 Å². The predicted molar refractivity (Wildman–Crippen MR) is 138 cm³/mol. The lowest BCUT2D eigenvalue weighted by Gasteiger charge is -2.11. The molecule has 0 fully saturated rings. The van der Waals surface area contributed by atoms with Gasteiger partial charge < -0.3 is 19.3 Å². The minimum absolute atomic E-state index is 0.150. The summed E-state index contributed by atoms with van der Waals surface area (Å²) in [5, 5.41) is 9.55. The van der Waals surface area contributed by atoms with Gasteiger partial charge in [0.2, 0.25) is 0 Å². The summed E-state index contributed by atoms with van der Waals surface area (Å²) in [6.45, 7) is 4.04. The molecule has 4 rings (SSSR count). The van der Waals surface area contributed by atoms with Crippen molar-refractivity contribution in [3.05, 3.63) is 119 Å². The van der Waals surface area contributed by atoms with Gasteiger partial charge in [0.25, 0.3) is 0 Å². The maximum atomic E-state index is 11.7. The van der Waals surface area contributed by atoms with E-state index in [0.717, 1.165) is 28.2 Å². The molecule has 5 heteroatoms. The van der Waals surface area contributed by atoms with Gasteiger partial charge in [-0.3, -0.25) is 0 Å². The monoisotopic (exact) mass is 470 g/mol. The molecule has 0 amide bonds.